The first kappa shape index (κ1) is 19.4. The van der Waals surface area contributed by atoms with Crippen molar-refractivity contribution in [2.75, 3.05) is 23.4 Å². The molecule has 1 aromatic heterocycles. The summed E-state index contributed by atoms with van der Waals surface area (Å²) < 4.78 is 43.6. The molecular weight excluding hydrogens is 387 g/mol. The summed E-state index contributed by atoms with van der Waals surface area (Å²) >= 11 is 0. The number of halogens is 1. The second kappa shape index (κ2) is 7.69. The number of aromatic amines is 1. The minimum absolute atomic E-state index is 0.189. The van der Waals surface area contributed by atoms with Crippen LogP contribution in [0.4, 0.5) is 15.8 Å². The highest BCUT2D eigenvalue weighted by molar-refractivity contribution is 7.92. The van der Waals surface area contributed by atoms with Crippen LogP contribution in [-0.4, -0.2) is 37.9 Å². The number of anilines is 2. The summed E-state index contributed by atoms with van der Waals surface area (Å²) in [5, 5.41) is 9.29. The Morgan fingerprint density at radius 2 is 1.89 bits per heavy atom. The largest absolute Gasteiger partial charge is 0.495 e. The van der Waals surface area contributed by atoms with Crippen LogP contribution in [0.2, 0.25) is 0 Å². The van der Waals surface area contributed by atoms with Crippen LogP contribution in [0, 0.1) is 5.82 Å². The molecule has 0 fully saturated rings. The van der Waals surface area contributed by atoms with E-state index in [1.807, 2.05) is 0 Å². The van der Waals surface area contributed by atoms with E-state index >= 15 is 0 Å². The number of rotatable bonds is 6. The molecule has 1 amide bonds. The van der Waals surface area contributed by atoms with Gasteiger partial charge in [-0.2, -0.15) is 5.10 Å². The minimum atomic E-state index is -3.53. The van der Waals surface area contributed by atoms with Crippen LogP contribution in [0.15, 0.2) is 48.7 Å². The molecule has 0 atom stereocenters. The summed E-state index contributed by atoms with van der Waals surface area (Å²) in [7, 11) is -2.13. The van der Waals surface area contributed by atoms with Gasteiger partial charge < -0.3 is 10.1 Å². The molecule has 2 aromatic carbocycles. The van der Waals surface area contributed by atoms with Crippen molar-refractivity contribution in [1.82, 2.24) is 10.2 Å². The first-order valence-electron chi connectivity index (χ1n) is 8.03. The fraction of sp³-hybridized carbons (Fsp3) is 0.111. The topological polar surface area (TPSA) is 113 Å². The molecule has 0 radical (unpaired) electrons. The molecule has 3 aromatic rings. The van der Waals surface area contributed by atoms with Crippen molar-refractivity contribution >= 4 is 27.3 Å². The van der Waals surface area contributed by atoms with Crippen LogP contribution in [0.5, 0.6) is 5.75 Å². The molecule has 0 aliphatic carbocycles. The number of aromatic nitrogens is 2. The molecule has 146 valence electrons. The number of hydrogen-bond donors (Lipinski definition) is 3. The molecule has 0 saturated heterocycles. The van der Waals surface area contributed by atoms with E-state index in [9.17, 15) is 17.6 Å². The maximum Gasteiger partial charge on any atom is 0.259 e. The van der Waals surface area contributed by atoms with Crippen LogP contribution in [0.1, 0.15) is 10.4 Å². The van der Waals surface area contributed by atoms with Crippen molar-refractivity contribution in [3.8, 4) is 17.0 Å². The normalized spacial score (nSPS) is 11.1. The van der Waals surface area contributed by atoms with E-state index in [1.165, 1.54) is 49.7 Å². The first-order chi connectivity index (χ1) is 13.3. The fourth-order valence-electron chi connectivity index (χ4n) is 2.56. The van der Waals surface area contributed by atoms with Gasteiger partial charge in [-0.05, 0) is 42.5 Å². The number of methoxy groups -OCH3 is 1. The number of nitrogens with one attached hydrogen (secondary N) is 3. The molecule has 3 rings (SSSR count). The Labute approximate surface area is 160 Å². The van der Waals surface area contributed by atoms with Gasteiger partial charge in [-0.1, -0.05) is 0 Å². The number of carbonyl (C=O) groups is 1. The Morgan fingerprint density at radius 3 is 2.54 bits per heavy atom. The predicted molar refractivity (Wildman–Crippen MR) is 103 cm³/mol. The molecule has 1 heterocycles. The third-order valence-electron chi connectivity index (χ3n) is 3.77. The van der Waals surface area contributed by atoms with Crippen LogP contribution in [0.3, 0.4) is 0 Å². The summed E-state index contributed by atoms with van der Waals surface area (Å²) in [5.41, 5.74) is 1.82. The molecule has 0 spiro atoms. The smallest absolute Gasteiger partial charge is 0.259 e. The number of ether oxygens (including phenoxy) is 1. The fourth-order valence-corrected chi connectivity index (χ4v) is 3.12. The summed E-state index contributed by atoms with van der Waals surface area (Å²) in [5.74, 6) is -0.555. The van der Waals surface area contributed by atoms with Crippen LogP contribution < -0.4 is 14.8 Å². The van der Waals surface area contributed by atoms with Crippen LogP contribution in [-0.2, 0) is 10.0 Å². The summed E-state index contributed by atoms with van der Waals surface area (Å²) in [6.07, 6.45) is 2.37. The van der Waals surface area contributed by atoms with Gasteiger partial charge in [0, 0.05) is 11.3 Å². The van der Waals surface area contributed by atoms with Crippen LogP contribution >= 0.6 is 0 Å². The maximum atomic E-state index is 13.1. The van der Waals surface area contributed by atoms with E-state index in [-0.39, 0.29) is 11.3 Å². The molecule has 28 heavy (non-hydrogen) atoms. The molecule has 3 N–H and O–H groups in total. The van der Waals surface area contributed by atoms with Gasteiger partial charge >= 0.3 is 0 Å². The SMILES string of the molecule is COc1ccc(NC(=O)c2cn[nH]c2-c2ccc(F)cc2)cc1NS(C)(=O)=O. The van der Waals surface area contributed by atoms with Crippen molar-refractivity contribution in [2.45, 2.75) is 0 Å². The van der Waals surface area contributed by atoms with Gasteiger partial charge in [0.1, 0.15) is 11.6 Å². The van der Waals surface area contributed by atoms with Crippen molar-refractivity contribution in [1.29, 1.82) is 0 Å². The van der Waals surface area contributed by atoms with Crippen molar-refractivity contribution in [3.05, 3.63) is 60.0 Å². The quantitative estimate of drug-likeness (QED) is 0.585. The zero-order valence-electron chi connectivity index (χ0n) is 15.0. The Balaban J connectivity index is 1.87. The number of hydrogen-bond acceptors (Lipinski definition) is 5. The maximum absolute atomic E-state index is 13.1. The lowest BCUT2D eigenvalue weighted by atomic mass is 10.1. The zero-order chi connectivity index (χ0) is 20.3. The Morgan fingerprint density at radius 1 is 1.18 bits per heavy atom. The second-order valence-corrected chi connectivity index (χ2v) is 7.66. The Kier molecular flexibility index (Phi) is 5.32. The van der Waals surface area contributed by atoms with Gasteiger partial charge in [-0.3, -0.25) is 14.6 Å². The van der Waals surface area contributed by atoms with Gasteiger partial charge in [0.25, 0.3) is 5.91 Å². The highest BCUT2D eigenvalue weighted by Gasteiger charge is 2.17. The monoisotopic (exact) mass is 404 g/mol. The van der Waals surface area contributed by atoms with E-state index in [2.05, 4.69) is 20.2 Å². The van der Waals surface area contributed by atoms with Crippen molar-refractivity contribution in [3.63, 3.8) is 0 Å². The van der Waals surface area contributed by atoms with Crippen molar-refractivity contribution < 1.29 is 22.3 Å². The van der Waals surface area contributed by atoms with E-state index in [0.29, 0.717) is 22.7 Å². The lowest BCUT2D eigenvalue weighted by molar-refractivity contribution is 0.102. The molecule has 0 bridgehead atoms. The van der Waals surface area contributed by atoms with Crippen LogP contribution in [0.25, 0.3) is 11.3 Å². The molecule has 0 aliphatic heterocycles. The average molecular weight is 404 g/mol. The molecule has 10 heteroatoms. The van der Waals surface area contributed by atoms with E-state index in [0.717, 1.165) is 6.26 Å². The number of sulfonamides is 1. The zero-order valence-corrected chi connectivity index (χ0v) is 15.8. The van der Waals surface area contributed by atoms with Gasteiger partial charge in [0.15, 0.2) is 0 Å². The summed E-state index contributed by atoms with van der Waals surface area (Å²) in [4.78, 5) is 12.7. The molecule has 0 saturated carbocycles. The molecule has 0 aliphatic rings. The van der Waals surface area contributed by atoms with Gasteiger partial charge in [-0.15, -0.1) is 0 Å². The first-order valence-corrected chi connectivity index (χ1v) is 9.92. The number of carbonyl (C=O) groups excluding carboxylic acids is 1. The number of benzene rings is 2. The number of H-pyrrole nitrogens is 1. The average Bonchev–Trinajstić information content (AvgIpc) is 3.11. The Bertz CT molecular complexity index is 1110. The highest BCUT2D eigenvalue weighted by Crippen LogP contribution is 2.29. The third-order valence-corrected chi connectivity index (χ3v) is 4.36. The van der Waals surface area contributed by atoms with Gasteiger partial charge in [0.2, 0.25) is 10.0 Å². The standard InChI is InChI=1S/C18H17FN4O4S/c1-27-16-8-7-13(9-15(16)23-28(2,25)26)21-18(24)14-10-20-22-17(14)11-3-5-12(19)6-4-11/h3-10,23H,1-2H3,(H,20,22)(H,21,24). The number of amides is 1. The summed E-state index contributed by atoms with van der Waals surface area (Å²) in [6, 6.07) is 10.2. The van der Waals surface area contributed by atoms with Gasteiger partial charge in [0.05, 0.1) is 36.5 Å². The molecular formula is C18H17FN4O4S. The summed E-state index contributed by atoms with van der Waals surface area (Å²) in [6.45, 7) is 0. The van der Waals surface area contributed by atoms with Crippen molar-refractivity contribution in [2.24, 2.45) is 0 Å². The van der Waals surface area contributed by atoms with E-state index < -0.39 is 21.7 Å². The Hall–Kier alpha value is -3.40. The minimum Gasteiger partial charge on any atom is -0.495 e. The number of nitrogens with zero attached hydrogens (tertiary/aromatic N) is 1. The van der Waals surface area contributed by atoms with E-state index in [1.54, 1.807) is 6.07 Å². The second-order valence-electron chi connectivity index (χ2n) is 5.91. The lowest BCUT2D eigenvalue weighted by Gasteiger charge is -2.12. The van der Waals surface area contributed by atoms with Gasteiger partial charge in [-0.25, -0.2) is 12.8 Å². The third kappa shape index (κ3) is 4.46. The van der Waals surface area contributed by atoms with E-state index in [4.69, 9.17) is 4.74 Å². The molecule has 8 nitrogen and oxygen atoms in total. The predicted octanol–water partition coefficient (Wildman–Crippen LogP) is 2.85. The highest BCUT2D eigenvalue weighted by atomic mass is 32.2. The molecule has 0 unspecified atom stereocenters. The lowest BCUT2D eigenvalue weighted by Crippen LogP contribution is -2.14.